The average Bonchev–Trinajstić information content (AvgIpc) is 3.12. The molecule has 170 valence electrons. The first-order valence-electron chi connectivity index (χ1n) is 10.1. The van der Waals surface area contributed by atoms with Gasteiger partial charge in [-0.1, -0.05) is 35.9 Å². The highest BCUT2D eigenvalue weighted by Gasteiger charge is 2.50. The quantitative estimate of drug-likeness (QED) is 0.366. The lowest BCUT2D eigenvalue weighted by Gasteiger charge is -2.30. The number of pyridine rings is 2. The van der Waals surface area contributed by atoms with Gasteiger partial charge in [-0.25, -0.2) is 4.98 Å². The van der Waals surface area contributed by atoms with Gasteiger partial charge in [-0.2, -0.15) is 5.26 Å². The number of benzene rings is 2. The predicted molar refractivity (Wildman–Crippen MR) is 138 cm³/mol. The van der Waals surface area contributed by atoms with Crippen LogP contribution >= 0.6 is 36.4 Å². The second-order valence-corrected chi connectivity index (χ2v) is 8.11. The molecule has 0 fully saturated rings. The number of nitrogens with zero attached hydrogens (tertiary/aromatic N) is 3. The van der Waals surface area contributed by atoms with Crippen molar-refractivity contribution >= 4 is 48.1 Å². The van der Waals surface area contributed by atoms with Gasteiger partial charge in [0.05, 0.1) is 11.6 Å². The largest absolute Gasteiger partial charge is 0.309 e. The number of fused-ring (bicyclic) bond motifs is 1. The van der Waals surface area contributed by atoms with Gasteiger partial charge in [0, 0.05) is 29.2 Å². The second kappa shape index (κ2) is 10.2. The Labute approximate surface area is 214 Å². The minimum atomic E-state index is -1.06. The van der Waals surface area contributed by atoms with E-state index >= 15 is 0 Å². The van der Waals surface area contributed by atoms with Crippen LogP contribution in [-0.4, -0.2) is 15.9 Å². The monoisotopic (exact) mass is 508 g/mol. The molecule has 0 aliphatic carbocycles. The zero-order chi connectivity index (χ0) is 22.1. The number of aromatic nitrogens is 2. The third-order valence-electron chi connectivity index (χ3n) is 5.86. The van der Waals surface area contributed by atoms with Crippen LogP contribution < -0.4 is 5.32 Å². The topological polar surface area (TPSA) is 78.7 Å². The molecule has 0 saturated carbocycles. The number of anilines is 1. The minimum absolute atomic E-state index is 0. The van der Waals surface area contributed by atoms with E-state index in [-0.39, 0.29) is 30.7 Å². The van der Waals surface area contributed by atoms with E-state index in [1.807, 2.05) is 54.6 Å². The van der Waals surface area contributed by atoms with Gasteiger partial charge in [-0.15, -0.1) is 24.8 Å². The summed E-state index contributed by atoms with van der Waals surface area (Å²) in [6, 6.07) is 22.7. The Morgan fingerprint density at radius 3 is 2.41 bits per heavy atom. The van der Waals surface area contributed by atoms with Gasteiger partial charge in [0.2, 0.25) is 5.91 Å². The average molecular weight is 510 g/mol. The number of hydrogen-bond donors (Lipinski definition) is 1. The van der Waals surface area contributed by atoms with Gasteiger partial charge in [-0.05, 0) is 71.1 Å². The summed E-state index contributed by atoms with van der Waals surface area (Å²) < 4.78 is 0. The molecule has 4 aromatic rings. The van der Waals surface area contributed by atoms with Gasteiger partial charge < -0.3 is 5.32 Å². The third kappa shape index (κ3) is 4.24. The number of rotatable bonds is 4. The van der Waals surface area contributed by atoms with Crippen LogP contribution in [0.3, 0.4) is 0 Å². The standard InChI is InChI=1S/C26H17ClN4O.2ClH/c27-21-6-4-19(5-7-21)22-10-13-30-24-23(22)26(25(32)31-24,15-17-8-11-29-12-9-17)20-3-1-2-18(14-20)16-28;;/h1-14H,15H2,(H,30,31,32);2*1H. The van der Waals surface area contributed by atoms with Gasteiger partial charge in [0.15, 0.2) is 0 Å². The number of halogens is 3. The van der Waals surface area contributed by atoms with Crippen molar-refractivity contribution in [3.63, 3.8) is 0 Å². The molecule has 1 aliphatic heterocycles. The molecule has 0 saturated heterocycles. The normalized spacial score (nSPS) is 15.8. The third-order valence-corrected chi connectivity index (χ3v) is 6.11. The molecule has 0 radical (unpaired) electrons. The van der Waals surface area contributed by atoms with Gasteiger partial charge in [0.25, 0.3) is 0 Å². The highest BCUT2D eigenvalue weighted by molar-refractivity contribution is 6.30. The number of nitrogens with one attached hydrogen (secondary N) is 1. The molecular weight excluding hydrogens is 491 g/mol. The van der Waals surface area contributed by atoms with Crippen LogP contribution in [0.15, 0.2) is 85.3 Å². The first kappa shape index (κ1) is 25.2. The summed E-state index contributed by atoms with van der Waals surface area (Å²) >= 11 is 6.12. The lowest BCUT2D eigenvalue weighted by molar-refractivity contribution is -0.119. The molecule has 3 heterocycles. The van der Waals surface area contributed by atoms with E-state index in [0.29, 0.717) is 22.8 Å². The van der Waals surface area contributed by atoms with Crippen molar-refractivity contribution in [3.8, 4) is 17.2 Å². The molecule has 1 unspecified atom stereocenters. The Kier molecular flexibility index (Phi) is 7.58. The van der Waals surface area contributed by atoms with Crippen LogP contribution in [0.4, 0.5) is 5.82 Å². The van der Waals surface area contributed by atoms with Crippen molar-refractivity contribution in [1.29, 1.82) is 5.26 Å². The molecule has 2 aromatic carbocycles. The summed E-state index contributed by atoms with van der Waals surface area (Å²) in [6.45, 7) is 0. The molecule has 1 atom stereocenters. The number of hydrogen-bond acceptors (Lipinski definition) is 4. The Morgan fingerprint density at radius 2 is 1.71 bits per heavy atom. The Hall–Kier alpha value is -3.43. The second-order valence-electron chi connectivity index (χ2n) is 7.67. The van der Waals surface area contributed by atoms with Crippen LogP contribution in [0.5, 0.6) is 0 Å². The number of carbonyl (C=O) groups is 1. The van der Waals surface area contributed by atoms with E-state index in [0.717, 1.165) is 27.8 Å². The fraction of sp³-hybridized carbons (Fsp3) is 0.0769. The smallest absolute Gasteiger partial charge is 0.241 e. The molecule has 34 heavy (non-hydrogen) atoms. The molecule has 0 bridgehead atoms. The first-order chi connectivity index (χ1) is 15.6. The van der Waals surface area contributed by atoms with Gasteiger partial charge in [-0.3, -0.25) is 9.78 Å². The maximum Gasteiger partial charge on any atom is 0.241 e. The summed E-state index contributed by atoms with van der Waals surface area (Å²) in [5, 5.41) is 13.1. The van der Waals surface area contributed by atoms with E-state index < -0.39 is 5.41 Å². The van der Waals surface area contributed by atoms with Crippen LogP contribution in [0.1, 0.15) is 22.3 Å². The molecule has 0 spiro atoms. The number of amides is 1. The molecule has 8 heteroatoms. The molecule has 1 amide bonds. The molecule has 2 aromatic heterocycles. The Morgan fingerprint density at radius 1 is 0.971 bits per heavy atom. The fourth-order valence-electron chi connectivity index (χ4n) is 4.39. The molecular formula is C26H19Cl3N4O. The number of carbonyl (C=O) groups excluding carboxylic acids is 1. The van der Waals surface area contributed by atoms with Crippen molar-refractivity contribution in [2.75, 3.05) is 5.32 Å². The minimum Gasteiger partial charge on any atom is -0.309 e. The van der Waals surface area contributed by atoms with Crippen molar-refractivity contribution in [2.24, 2.45) is 0 Å². The van der Waals surface area contributed by atoms with E-state index in [2.05, 4.69) is 21.4 Å². The Bertz CT molecular complexity index is 1370. The molecule has 1 aliphatic rings. The maximum absolute atomic E-state index is 13.7. The zero-order valence-corrected chi connectivity index (χ0v) is 20.1. The van der Waals surface area contributed by atoms with Crippen LogP contribution in [0, 0.1) is 11.3 Å². The zero-order valence-electron chi connectivity index (χ0n) is 17.7. The highest BCUT2D eigenvalue weighted by atomic mass is 35.5. The highest BCUT2D eigenvalue weighted by Crippen LogP contribution is 2.48. The summed E-state index contributed by atoms with van der Waals surface area (Å²) in [5.74, 6) is 0.354. The van der Waals surface area contributed by atoms with Crippen LogP contribution in [-0.2, 0) is 16.6 Å². The molecule has 5 nitrogen and oxygen atoms in total. The van der Waals surface area contributed by atoms with Crippen molar-refractivity contribution in [1.82, 2.24) is 9.97 Å². The lowest BCUT2D eigenvalue weighted by Crippen LogP contribution is -2.38. The predicted octanol–water partition coefficient (Wildman–Crippen LogP) is 5.99. The number of nitriles is 1. The van der Waals surface area contributed by atoms with Crippen molar-refractivity contribution in [3.05, 3.63) is 113 Å². The lowest BCUT2D eigenvalue weighted by atomic mass is 9.69. The fourth-order valence-corrected chi connectivity index (χ4v) is 4.52. The van der Waals surface area contributed by atoms with E-state index in [4.69, 9.17) is 11.6 Å². The molecule has 5 rings (SSSR count). The SMILES string of the molecule is Cl.Cl.N#Cc1cccc(C2(Cc3ccncc3)C(=O)Nc3nccc(-c4ccc(Cl)cc4)c32)c1. The van der Waals surface area contributed by atoms with E-state index in [1.165, 1.54) is 0 Å². The van der Waals surface area contributed by atoms with Gasteiger partial charge in [0.1, 0.15) is 11.2 Å². The van der Waals surface area contributed by atoms with Gasteiger partial charge >= 0.3 is 0 Å². The summed E-state index contributed by atoms with van der Waals surface area (Å²) in [4.78, 5) is 22.3. The first-order valence-corrected chi connectivity index (χ1v) is 10.5. The summed E-state index contributed by atoms with van der Waals surface area (Å²) in [5.41, 5.74) is 3.74. The summed E-state index contributed by atoms with van der Waals surface area (Å²) in [6.07, 6.45) is 5.52. The van der Waals surface area contributed by atoms with E-state index in [9.17, 15) is 10.1 Å². The molecule has 1 N–H and O–H groups in total. The maximum atomic E-state index is 13.7. The van der Waals surface area contributed by atoms with E-state index in [1.54, 1.807) is 30.7 Å². The summed E-state index contributed by atoms with van der Waals surface area (Å²) in [7, 11) is 0. The Balaban J connectivity index is 0.00000162. The van der Waals surface area contributed by atoms with Crippen LogP contribution in [0.2, 0.25) is 5.02 Å². The van der Waals surface area contributed by atoms with Crippen molar-refractivity contribution in [2.45, 2.75) is 11.8 Å². The van der Waals surface area contributed by atoms with Crippen molar-refractivity contribution < 1.29 is 4.79 Å². The van der Waals surface area contributed by atoms with Crippen LogP contribution in [0.25, 0.3) is 11.1 Å².